The Bertz CT molecular complexity index is 1100. The Morgan fingerprint density at radius 3 is 2.63 bits per heavy atom. The maximum absolute atomic E-state index is 13.3. The number of nitrogens with one attached hydrogen (secondary N) is 1. The second-order valence-corrected chi connectivity index (χ2v) is 8.46. The van der Waals surface area contributed by atoms with Crippen LogP contribution in [0.3, 0.4) is 0 Å². The molecule has 150 valence electrons. The van der Waals surface area contributed by atoms with Crippen LogP contribution >= 0.6 is 0 Å². The molecule has 6 nitrogen and oxygen atoms in total. The second-order valence-electron chi connectivity index (χ2n) is 8.46. The van der Waals surface area contributed by atoms with E-state index in [0.717, 1.165) is 47.8 Å². The first-order valence-electron chi connectivity index (χ1n) is 10.7. The van der Waals surface area contributed by atoms with Crippen LogP contribution < -0.4 is 5.32 Å². The van der Waals surface area contributed by atoms with E-state index in [4.69, 9.17) is 9.97 Å². The number of pyridine rings is 1. The van der Waals surface area contributed by atoms with Crippen molar-refractivity contribution in [2.24, 2.45) is 0 Å². The van der Waals surface area contributed by atoms with Crippen LogP contribution in [0.1, 0.15) is 65.1 Å². The van der Waals surface area contributed by atoms with Gasteiger partial charge in [-0.15, -0.1) is 0 Å². The lowest BCUT2D eigenvalue weighted by Gasteiger charge is -2.37. The number of rotatable bonds is 4. The van der Waals surface area contributed by atoms with E-state index >= 15 is 0 Å². The highest BCUT2D eigenvalue weighted by Gasteiger charge is 2.45. The lowest BCUT2D eigenvalue weighted by molar-refractivity contribution is 0.0644. The molecule has 1 saturated carbocycles. The summed E-state index contributed by atoms with van der Waals surface area (Å²) in [4.78, 5) is 29.5. The molecule has 0 radical (unpaired) electrons. The number of amides is 1. The fraction of sp³-hybridized carbons (Fsp3) is 0.333. The number of anilines is 2. The zero-order valence-corrected chi connectivity index (χ0v) is 16.7. The minimum atomic E-state index is 0.00548. The molecule has 2 unspecified atom stereocenters. The van der Waals surface area contributed by atoms with Crippen LogP contribution in [0, 0.1) is 0 Å². The van der Waals surface area contributed by atoms with E-state index in [1.807, 2.05) is 42.5 Å². The highest BCUT2D eigenvalue weighted by Crippen LogP contribution is 2.48. The van der Waals surface area contributed by atoms with Gasteiger partial charge in [-0.25, -0.2) is 9.97 Å². The van der Waals surface area contributed by atoms with Crippen LogP contribution in [-0.4, -0.2) is 31.8 Å². The monoisotopic (exact) mass is 397 g/mol. The number of hydrogen-bond acceptors (Lipinski definition) is 5. The molecular formula is C24H23N5O. The van der Waals surface area contributed by atoms with Crippen LogP contribution in [-0.2, 0) is 6.42 Å². The van der Waals surface area contributed by atoms with Gasteiger partial charge in [0, 0.05) is 42.0 Å². The number of aromatic nitrogens is 3. The molecule has 4 heterocycles. The number of nitrogens with zero attached hydrogens (tertiary/aromatic N) is 4. The normalized spacial score (nSPS) is 21.9. The molecule has 1 aromatic carbocycles. The summed E-state index contributed by atoms with van der Waals surface area (Å²) in [6.45, 7) is 0. The smallest absolute Gasteiger partial charge is 0.256 e. The molecule has 1 aliphatic carbocycles. The minimum absolute atomic E-state index is 0.00548. The number of benzene rings is 1. The lowest BCUT2D eigenvalue weighted by Crippen LogP contribution is -2.42. The maximum Gasteiger partial charge on any atom is 0.256 e. The summed E-state index contributed by atoms with van der Waals surface area (Å²) in [7, 11) is 0. The Labute approximate surface area is 175 Å². The first-order chi connectivity index (χ1) is 14.8. The van der Waals surface area contributed by atoms with Gasteiger partial charge in [0.1, 0.15) is 11.6 Å². The van der Waals surface area contributed by atoms with Crippen LogP contribution in [0.15, 0.2) is 54.9 Å². The molecular weight excluding hydrogens is 374 g/mol. The Kier molecular flexibility index (Phi) is 4.04. The van der Waals surface area contributed by atoms with Gasteiger partial charge in [0.05, 0.1) is 17.3 Å². The molecule has 2 fully saturated rings. The highest BCUT2D eigenvalue weighted by atomic mass is 16.2. The largest absolute Gasteiger partial charge is 0.340 e. The quantitative estimate of drug-likeness (QED) is 0.707. The molecule has 0 spiro atoms. The summed E-state index contributed by atoms with van der Waals surface area (Å²) in [5.41, 5.74) is 3.86. The van der Waals surface area contributed by atoms with Gasteiger partial charge in [-0.1, -0.05) is 18.2 Å². The van der Waals surface area contributed by atoms with Crippen molar-refractivity contribution in [2.45, 2.75) is 50.1 Å². The first kappa shape index (κ1) is 17.6. The molecule has 1 N–H and O–H groups in total. The van der Waals surface area contributed by atoms with Gasteiger partial charge < -0.3 is 10.2 Å². The molecule has 6 heteroatoms. The van der Waals surface area contributed by atoms with Gasteiger partial charge in [0.15, 0.2) is 0 Å². The van der Waals surface area contributed by atoms with E-state index < -0.39 is 0 Å². The molecule has 30 heavy (non-hydrogen) atoms. The average Bonchev–Trinajstić information content (AvgIpc) is 3.59. The van der Waals surface area contributed by atoms with E-state index in [-0.39, 0.29) is 18.0 Å². The molecule has 1 amide bonds. The van der Waals surface area contributed by atoms with Crippen molar-refractivity contribution in [3.63, 3.8) is 0 Å². The van der Waals surface area contributed by atoms with Crippen molar-refractivity contribution >= 4 is 17.4 Å². The fourth-order valence-corrected chi connectivity index (χ4v) is 4.85. The van der Waals surface area contributed by atoms with Crippen molar-refractivity contribution in [2.75, 3.05) is 5.32 Å². The molecule has 2 atom stereocenters. The summed E-state index contributed by atoms with van der Waals surface area (Å²) in [6.07, 6.45) is 8.43. The van der Waals surface area contributed by atoms with Crippen LogP contribution in [0.25, 0.3) is 0 Å². The minimum Gasteiger partial charge on any atom is -0.340 e. The topological polar surface area (TPSA) is 71.0 Å². The summed E-state index contributed by atoms with van der Waals surface area (Å²) in [5, 5.41) is 3.54. The number of carbonyl (C=O) groups is 1. The highest BCUT2D eigenvalue weighted by molar-refractivity contribution is 5.95. The Morgan fingerprint density at radius 2 is 1.87 bits per heavy atom. The molecule has 2 aromatic heterocycles. The molecule has 6 rings (SSSR count). The Morgan fingerprint density at radius 1 is 1.00 bits per heavy atom. The molecule has 2 bridgehead atoms. The molecule has 3 aliphatic rings. The molecule has 1 saturated heterocycles. The van der Waals surface area contributed by atoms with E-state index in [1.165, 1.54) is 12.8 Å². The number of fused-ring (bicyclic) bond motifs is 4. The zero-order valence-electron chi connectivity index (χ0n) is 16.7. The number of hydrogen-bond donors (Lipinski definition) is 1. The number of para-hydroxylation sites is 1. The fourth-order valence-electron chi connectivity index (χ4n) is 4.85. The molecule has 3 aromatic rings. The van der Waals surface area contributed by atoms with Crippen molar-refractivity contribution in [1.82, 2.24) is 19.9 Å². The van der Waals surface area contributed by atoms with Crippen molar-refractivity contribution in [3.8, 4) is 0 Å². The van der Waals surface area contributed by atoms with Crippen molar-refractivity contribution in [3.05, 3.63) is 77.5 Å². The third-order valence-corrected chi connectivity index (χ3v) is 6.43. The standard InChI is InChI=1S/C24H23N5O/c30-24(16-5-4-12-25-14-16)29-18-10-11-20(29)21-19(13-18)27-22(15-8-9-15)28-23(21)26-17-6-2-1-3-7-17/h1-7,12,14-15,18,20H,8-11,13H2,(H,26,27,28). The van der Waals surface area contributed by atoms with E-state index in [9.17, 15) is 4.79 Å². The van der Waals surface area contributed by atoms with Gasteiger partial charge in [-0.3, -0.25) is 9.78 Å². The SMILES string of the molecule is O=C(c1cccnc1)N1C2CCC1c1c(nc(C3CC3)nc1Nc1ccccc1)C2. The van der Waals surface area contributed by atoms with Gasteiger partial charge in [-0.05, 0) is 49.9 Å². The number of carbonyl (C=O) groups excluding carboxylic acids is 1. The van der Waals surface area contributed by atoms with Gasteiger partial charge >= 0.3 is 0 Å². The average molecular weight is 397 g/mol. The maximum atomic E-state index is 13.3. The van der Waals surface area contributed by atoms with E-state index in [2.05, 4.69) is 15.2 Å². The molecule has 2 aliphatic heterocycles. The summed E-state index contributed by atoms with van der Waals surface area (Å²) in [6, 6.07) is 14.0. The third kappa shape index (κ3) is 2.95. The zero-order chi connectivity index (χ0) is 20.1. The van der Waals surface area contributed by atoms with Crippen LogP contribution in [0.5, 0.6) is 0 Å². The van der Waals surface area contributed by atoms with Crippen molar-refractivity contribution < 1.29 is 4.79 Å². The predicted octanol–water partition coefficient (Wildman–Crippen LogP) is 4.39. The van der Waals surface area contributed by atoms with Crippen LogP contribution in [0.2, 0.25) is 0 Å². The summed E-state index contributed by atoms with van der Waals surface area (Å²) in [5.74, 6) is 2.36. The van der Waals surface area contributed by atoms with Crippen LogP contribution in [0.4, 0.5) is 11.5 Å². The van der Waals surface area contributed by atoms with Crippen molar-refractivity contribution in [1.29, 1.82) is 0 Å². The summed E-state index contributed by atoms with van der Waals surface area (Å²) >= 11 is 0. The van der Waals surface area contributed by atoms with E-state index in [0.29, 0.717) is 11.5 Å². The van der Waals surface area contributed by atoms with E-state index in [1.54, 1.807) is 12.4 Å². The van der Waals surface area contributed by atoms with Gasteiger partial charge in [-0.2, -0.15) is 0 Å². The van der Waals surface area contributed by atoms with Gasteiger partial charge in [0.25, 0.3) is 5.91 Å². The Balaban J connectivity index is 1.43. The lowest BCUT2D eigenvalue weighted by atomic mass is 9.96. The first-order valence-corrected chi connectivity index (χ1v) is 10.7. The Hall–Kier alpha value is -3.28. The second kappa shape index (κ2) is 6.90. The third-order valence-electron chi connectivity index (χ3n) is 6.43. The predicted molar refractivity (Wildman–Crippen MR) is 114 cm³/mol. The van der Waals surface area contributed by atoms with Gasteiger partial charge in [0.2, 0.25) is 0 Å². The summed E-state index contributed by atoms with van der Waals surface area (Å²) < 4.78 is 0.